The minimum atomic E-state index is -0.247. The summed E-state index contributed by atoms with van der Waals surface area (Å²) in [6.45, 7) is 7.73. The zero-order valence-corrected chi connectivity index (χ0v) is 11.3. The van der Waals surface area contributed by atoms with Crippen molar-refractivity contribution in [2.75, 3.05) is 44.2 Å². The number of aromatic nitrogens is 2. The lowest BCUT2D eigenvalue weighted by molar-refractivity contribution is 0.137. The van der Waals surface area contributed by atoms with E-state index in [0.29, 0.717) is 24.0 Å². The van der Waals surface area contributed by atoms with Crippen molar-refractivity contribution >= 4 is 5.82 Å². The second-order valence-corrected chi connectivity index (χ2v) is 5.15. The largest absolute Gasteiger partial charge is 0.352 e. The lowest BCUT2D eigenvalue weighted by atomic mass is 10.1. The first-order valence-corrected chi connectivity index (χ1v) is 6.98. The molecular formula is C13H20FN5. The fourth-order valence-corrected chi connectivity index (χ4v) is 2.69. The van der Waals surface area contributed by atoms with Gasteiger partial charge in [0.05, 0.1) is 5.69 Å². The second kappa shape index (κ2) is 5.38. The molecule has 0 amide bonds. The van der Waals surface area contributed by atoms with Crippen LogP contribution in [0.4, 0.5) is 10.2 Å². The van der Waals surface area contributed by atoms with Crippen molar-refractivity contribution in [2.45, 2.75) is 19.4 Å². The van der Waals surface area contributed by atoms with Crippen molar-refractivity contribution in [3.63, 3.8) is 0 Å². The van der Waals surface area contributed by atoms with E-state index in [4.69, 9.17) is 0 Å². The Hall–Kier alpha value is -1.27. The summed E-state index contributed by atoms with van der Waals surface area (Å²) in [6.07, 6.45) is 2.08. The van der Waals surface area contributed by atoms with E-state index in [2.05, 4.69) is 20.2 Å². The maximum atomic E-state index is 14.2. The maximum Gasteiger partial charge on any atom is 0.187 e. The molecule has 0 atom stereocenters. The van der Waals surface area contributed by atoms with Crippen molar-refractivity contribution in [3.05, 3.63) is 17.8 Å². The highest BCUT2D eigenvalue weighted by Gasteiger charge is 2.29. The predicted octanol–water partition coefficient (Wildman–Crippen LogP) is 0.272. The third-order valence-electron chi connectivity index (χ3n) is 4.07. The number of halogens is 1. The van der Waals surface area contributed by atoms with Gasteiger partial charge in [0, 0.05) is 45.3 Å². The number of piperazine rings is 1. The quantitative estimate of drug-likeness (QED) is 0.850. The molecule has 1 aromatic heterocycles. The number of nitrogens with one attached hydrogen (secondary N) is 1. The highest BCUT2D eigenvalue weighted by Crippen LogP contribution is 2.20. The fraction of sp³-hybridized carbons (Fsp3) is 0.692. The van der Waals surface area contributed by atoms with Gasteiger partial charge in [-0.3, -0.25) is 4.90 Å². The molecule has 2 fully saturated rings. The normalized spacial score (nSPS) is 21.5. The Bertz CT molecular complexity index is 441. The molecule has 5 nitrogen and oxygen atoms in total. The third-order valence-corrected chi connectivity index (χ3v) is 4.07. The molecule has 0 aliphatic carbocycles. The Morgan fingerprint density at radius 2 is 2.00 bits per heavy atom. The van der Waals surface area contributed by atoms with Crippen LogP contribution in [0, 0.1) is 5.82 Å². The summed E-state index contributed by atoms with van der Waals surface area (Å²) in [4.78, 5) is 12.6. The number of aryl methyl sites for hydroxylation is 1. The molecular weight excluding hydrogens is 245 g/mol. The monoisotopic (exact) mass is 265 g/mol. The summed E-state index contributed by atoms with van der Waals surface area (Å²) in [6, 6.07) is 0.670. The van der Waals surface area contributed by atoms with Gasteiger partial charge in [-0.05, 0) is 6.42 Å². The van der Waals surface area contributed by atoms with E-state index in [9.17, 15) is 4.39 Å². The molecule has 3 heterocycles. The summed E-state index contributed by atoms with van der Waals surface area (Å²) in [5.41, 5.74) is 0.510. The standard InChI is InChI=1S/C13H20FN5/c1-2-11-12(14)13(17-9-16-11)19-5-3-18(4-6-19)10-7-15-8-10/h9-10,15H,2-8H2,1H3. The Morgan fingerprint density at radius 1 is 1.26 bits per heavy atom. The van der Waals surface area contributed by atoms with E-state index in [1.54, 1.807) is 0 Å². The van der Waals surface area contributed by atoms with Crippen LogP contribution in [0.5, 0.6) is 0 Å². The topological polar surface area (TPSA) is 44.3 Å². The first kappa shape index (κ1) is 12.7. The Balaban J connectivity index is 1.67. The highest BCUT2D eigenvalue weighted by molar-refractivity contribution is 5.41. The molecule has 1 aromatic rings. The van der Waals surface area contributed by atoms with Crippen LogP contribution in [0.2, 0.25) is 0 Å². The Labute approximate surface area is 112 Å². The van der Waals surface area contributed by atoms with E-state index < -0.39 is 0 Å². The average Bonchev–Trinajstić information content (AvgIpc) is 2.38. The molecule has 104 valence electrons. The minimum absolute atomic E-state index is 0.247. The first-order chi connectivity index (χ1) is 9.29. The molecule has 6 heteroatoms. The molecule has 0 radical (unpaired) electrons. The van der Waals surface area contributed by atoms with Crippen molar-refractivity contribution < 1.29 is 4.39 Å². The van der Waals surface area contributed by atoms with Crippen LogP contribution in [0.3, 0.4) is 0 Å². The molecule has 2 aliphatic heterocycles. The first-order valence-electron chi connectivity index (χ1n) is 6.98. The summed E-state index contributed by atoms with van der Waals surface area (Å²) in [5, 5.41) is 3.29. The van der Waals surface area contributed by atoms with Gasteiger partial charge in [0.2, 0.25) is 0 Å². The summed E-state index contributed by atoms with van der Waals surface area (Å²) in [7, 11) is 0. The molecule has 0 saturated carbocycles. The van der Waals surface area contributed by atoms with Crippen molar-refractivity contribution in [2.24, 2.45) is 0 Å². The van der Waals surface area contributed by atoms with Crippen molar-refractivity contribution in [3.8, 4) is 0 Å². The number of anilines is 1. The summed E-state index contributed by atoms with van der Waals surface area (Å²) in [5.74, 6) is 0.224. The average molecular weight is 265 g/mol. The summed E-state index contributed by atoms with van der Waals surface area (Å²) < 4.78 is 14.2. The van der Waals surface area contributed by atoms with E-state index in [1.807, 2.05) is 11.8 Å². The van der Waals surface area contributed by atoms with Crippen LogP contribution >= 0.6 is 0 Å². The zero-order chi connectivity index (χ0) is 13.2. The molecule has 0 bridgehead atoms. The van der Waals surface area contributed by atoms with Gasteiger partial charge in [0.15, 0.2) is 11.6 Å². The molecule has 2 saturated heterocycles. The molecule has 3 rings (SSSR count). The molecule has 2 aliphatic rings. The zero-order valence-electron chi connectivity index (χ0n) is 11.3. The SMILES string of the molecule is CCc1ncnc(N2CCN(C3CNC3)CC2)c1F. The van der Waals surface area contributed by atoms with Crippen LogP contribution in [-0.4, -0.2) is 60.2 Å². The number of nitrogens with zero attached hydrogens (tertiary/aromatic N) is 4. The fourth-order valence-electron chi connectivity index (χ4n) is 2.69. The molecule has 19 heavy (non-hydrogen) atoms. The van der Waals surface area contributed by atoms with Gasteiger partial charge >= 0.3 is 0 Å². The maximum absolute atomic E-state index is 14.2. The van der Waals surface area contributed by atoms with Crippen LogP contribution in [0.1, 0.15) is 12.6 Å². The van der Waals surface area contributed by atoms with Gasteiger partial charge in [-0.25, -0.2) is 14.4 Å². The van der Waals surface area contributed by atoms with Gasteiger partial charge < -0.3 is 10.2 Å². The number of hydrogen-bond acceptors (Lipinski definition) is 5. The van der Waals surface area contributed by atoms with Crippen LogP contribution in [0.15, 0.2) is 6.33 Å². The van der Waals surface area contributed by atoms with E-state index in [-0.39, 0.29) is 5.82 Å². The number of rotatable bonds is 3. The van der Waals surface area contributed by atoms with Gasteiger partial charge in [-0.2, -0.15) is 0 Å². The third kappa shape index (κ3) is 2.42. The molecule has 0 unspecified atom stereocenters. The van der Waals surface area contributed by atoms with E-state index in [0.717, 1.165) is 39.3 Å². The van der Waals surface area contributed by atoms with Gasteiger partial charge in [-0.1, -0.05) is 6.92 Å². The molecule has 0 spiro atoms. The van der Waals surface area contributed by atoms with E-state index in [1.165, 1.54) is 6.33 Å². The lowest BCUT2D eigenvalue weighted by Gasteiger charge is -2.43. The van der Waals surface area contributed by atoms with Crippen LogP contribution < -0.4 is 10.2 Å². The van der Waals surface area contributed by atoms with Gasteiger partial charge in [0.25, 0.3) is 0 Å². The predicted molar refractivity (Wildman–Crippen MR) is 71.8 cm³/mol. The Morgan fingerprint density at radius 3 is 2.58 bits per heavy atom. The van der Waals surface area contributed by atoms with Crippen LogP contribution in [0.25, 0.3) is 0 Å². The van der Waals surface area contributed by atoms with Gasteiger partial charge in [0.1, 0.15) is 6.33 Å². The molecule has 0 aromatic carbocycles. The Kier molecular flexibility index (Phi) is 3.61. The second-order valence-electron chi connectivity index (χ2n) is 5.15. The van der Waals surface area contributed by atoms with Crippen molar-refractivity contribution in [1.29, 1.82) is 0 Å². The number of hydrogen-bond donors (Lipinski definition) is 1. The highest BCUT2D eigenvalue weighted by atomic mass is 19.1. The smallest absolute Gasteiger partial charge is 0.187 e. The van der Waals surface area contributed by atoms with Crippen molar-refractivity contribution in [1.82, 2.24) is 20.2 Å². The van der Waals surface area contributed by atoms with E-state index >= 15 is 0 Å². The molecule has 1 N–H and O–H groups in total. The van der Waals surface area contributed by atoms with Crippen LogP contribution in [-0.2, 0) is 6.42 Å². The van der Waals surface area contributed by atoms with Gasteiger partial charge in [-0.15, -0.1) is 0 Å². The summed E-state index contributed by atoms with van der Waals surface area (Å²) >= 11 is 0. The lowest BCUT2D eigenvalue weighted by Crippen LogP contribution is -2.61. The minimum Gasteiger partial charge on any atom is -0.352 e.